The van der Waals surface area contributed by atoms with Crippen LogP contribution in [0.1, 0.15) is 28.8 Å². The van der Waals surface area contributed by atoms with E-state index in [0.29, 0.717) is 6.42 Å². The lowest BCUT2D eigenvalue weighted by Crippen LogP contribution is -2.48. The van der Waals surface area contributed by atoms with Gasteiger partial charge < -0.3 is 10.6 Å². The molecule has 2 amide bonds. The molecule has 0 aliphatic heterocycles. The minimum atomic E-state index is -3.92. The zero-order valence-corrected chi connectivity index (χ0v) is 19.0. The van der Waals surface area contributed by atoms with Crippen LogP contribution >= 0.6 is 0 Å². The van der Waals surface area contributed by atoms with Crippen LogP contribution < -0.4 is 15.4 Å². The number of amides is 2. The van der Waals surface area contributed by atoms with Gasteiger partial charge in [-0.05, 0) is 66.9 Å². The number of hydrogen-bond acceptors (Lipinski definition) is 4. The first-order chi connectivity index (χ1) is 16.3. The Labute approximate surface area is 197 Å². The third-order valence-corrected chi connectivity index (χ3v) is 6.75. The molecule has 3 aromatic carbocycles. The predicted octanol–water partition coefficient (Wildman–Crippen LogP) is 3.25. The Hall–Kier alpha value is -3.72. The van der Waals surface area contributed by atoms with Gasteiger partial charge in [-0.15, -0.1) is 0 Å². The molecule has 1 unspecified atom stereocenters. The third kappa shape index (κ3) is 6.20. The minimum absolute atomic E-state index is 0.0549. The molecule has 4 rings (SSSR count). The SMILES string of the molecule is O=C(NC(Cc1ccccc1)C(=O)NC1CC1)c1ccc(S(=O)(=O)Nc2ccc(F)cc2)cc1. The predicted molar refractivity (Wildman–Crippen MR) is 126 cm³/mol. The first kappa shape index (κ1) is 23.4. The van der Waals surface area contributed by atoms with E-state index in [-0.39, 0.29) is 28.1 Å². The largest absolute Gasteiger partial charge is 0.352 e. The van der Waals surface area contributed by atoms with E-state index in [1.807, 2.05) is 30.3 Å². The van der Waals surface area contributed by atoms with Crippen LogP contribution in [0.4, 0.5) is 10.1 Å². The maximum atomic E-state index is 13.1. The maximum absolute atomic E-state index is 13.1. The Bertz CT molecular complexity index is 1260. The lowest BCUT2D eigenvalue weighted by atomic mass is 10.0. The van der Waals surface area contributed by atoms with Gasteiger partial charge >= 0.3 is 0 Å². The Morgan fingerprint density at radius 2 is 1.56 bits per heavy atom. The van der Waals surface area contributed by atoms with Crippen molar-refractivity contribution in [2.45, 2.75) is 36.2 Å². The summed E-state index contributed by atoms with van der Waals surface area (Å²) in [5, 5.41) is 5.69. The molecule has 0 spiro atoms. The molecule has 7 nitrogen and oxygen atoms in total. The van der Waals surface area contributed by atoms with Crippen LogP contribution in [-0.2, 0) is 21.2 Å². The van der Waals surface area contributed by atoms with Crippen molar-refractivity contribution in [3.63, 3.8) is 0 Å². The van der Waals surface area contributed by atoms with Gasteiger partial charge in [-0.3, -0.25) is 14.3 Å². The van der Waals surface area contributed by atoms with Crippen molar-refractivity contribution in [3.8, 4) is 0 Å². The average Bonchev–Trinajstić information content (AvgIpc) is 3.65. The van der Waals surface area contributed by atoms with Crippen LogP contribution in [-0.4, -0.2) is 32.3 Å². The standard InChI is InChI=1S/C25H24FN3O4S/c26-19-8-10-21(11-9-19)29-34(32,33)22-14-6-18(7-15-22)24(30)28-23(25(31)27-20-12-13-20)16-17-4-2-1-3-5-17/h1-11,14-15,20,23,29H,12-13,16H2,(H,27,31)(H,28,30). The summed E-state index contributed by atoms with van der Waals surface area (Å²) in [7, 11) is -3.92. The summed E-state index contributed by atoms with van der Waals surface area (Å²) in [6.45, 7) is 0. The van der Waals surface area contributed by atoms with Crippen LogP contribution in [0.3, 0.4) is 0 Å². The minimum Gasteiger partial charge on any atom is -0.352 e. The molecule has 9 heteroatoms. The summed E-state index contributed by atoms with van der Waals surface area (Å²) in [4.78, 5) is 25.5. The molecule has 1 atom stereocenters. The van der Waals surface area contributed by atoms with Gasteiger partial charge in [0.1, 0.15) is 11.9 Å². The highest BCUT2D eigenvalue weighted by Crippen LogP contribution is 2.20. The van der Waals surface area contributed by atoms with E-state index in [9.17, 15) is 22.4 Å². The fourth-order valence-corrected chi connectivity index (χ4v) is 4.41. The molecule has 0 aromatic heterocycles. The van der Waals surface area contributed by atoms with Crippen molar-refractivity contribution in [1.82, 2.24) is 10.6 Å². The molecule has 0 bridgehead atoms. The summed E-state index contributed by atoms with van der Waals surface area (Å²) < 4.78 is 40.6. The molecule has 3 aromatic rings. The number of halogens is 1. The Kier molecular flexibility index (Phi) is 6.93. The molecule has 1 aliphatic carbocycles. The molecule has 3 N–H and O–H groups in total. The first-order valence-electron chi connectivity index (χ1n) is 10.8. The van der Waals surface area contributed by atoms with Crippen LogP contribution in [0.2, 0.25) is 0 Å². The van der Waals surface area contributed by atoms with Gasteiger partial charge in [0.05, 0.1) is 4.90 Å². The van der Waals surface area contributed by atoms with Crippen molar-refractivity contribution in [2.24, 2.45) is 0 Å². The average molecular weight is 482 g/mol. The van der Waals surface area contributed by atoms with E-state index in [0.717, 1.165) is 30.5 Å². The zero-order valence-electron chi connectivity index (χ0n) is 18.2. The fraction of sp³-hybridized carbons (Fsp3) is 0.200. The fourth-order valence-electron chi connectivity index (χ4n) is 3.35. The number of benzene rings is 3. The van der Waals surface area contributed by atoms with Crippen LogP contribution in [0.5, 0.6) is 0 Å². The quantitative estimate of drug-likeness (QED) is 0.436. The Morgan fingerprint density at radius 3 is 2.18 bits per heavy atom. The Morgan fingerprint density at radius 1 is 0.912 bits per heavy atom. The van der Waals surface area contributed by atoms with Gasteiger partial charge in [0.25, 0.3) is 15.9 Å². The molecule has 1 saturated carbocycles. The van der Waals surface area contributed by atoms with Crippen molar-refractivity contribution in [3.05, 3.63) is 95.8 Å². The van der Waals surface area contributed by atoms with Gasteiger partial charge in [-0.2, -0.15) is 0 Å². The molecule has 1 fully saturated rings. The highest BCUT2D eigenvalue weighted by atomic mass is 32.2. The van der Waals surface area contributed by atoms with E-state index in [1.54, 1.807) is 0 Å². The van der Waals surface area contributed by atoms with E-state index >= 15 is 0 Å². The Balaban J connectivity index is 1.45. The number of sulfonamides is 1. The molecule has 0 heterocycles. The second-order valence-electron chi connectivity index (χ2n) is 8.14. The van der Waals surface area contributed by atoms with Crippen molar-refractivity contribution < 1.29 is 22.4 Å². The molecule has 0 radical (unpaired) electrons. The molecular formula is C25H24FN3O4S. The summed E-state index contributed by atoms with van der Waals surface area (Å²) in [5.41, 5.74) is 1.35. The highest BCUT2D eigenvalue weighted by Gasteiger charge is 2.29. The smallest absolute Gasteiger partial charge is 0.261 e. The third-order valence-electron chi connectivity index (χ3n) is 5.35. The number of anilines is 1. The number of hydrogen-bond donors (Lipinski definition) is 3. The first-order valence-corrected chi connectivity index (χ1v) is 12.3. The highest BCUT2D eigenvalue weighted by molar-refractivity contribution is 7.92. The molecule has 0 saturated heterocycles. The van der Waals surface area contributed by atoms with Crippen LogP contribution in [0.15, 0.2) is 83.8 Å². The van der Waals surface area contributed by atoms with E-state index in [4.69, 9.17) is 0 Å². The lowest BCUT2D eigenvalue weighted by molar-refractivity contribution is -0.123. The molecule has 1 aliphatic rings. The molecular weight excluding hydrogens is 457 g/mol. The van der Waals surface area contributed by atoms with E-state index in [2.05, 4.69) is 15.4 Å². The van der Waals surface area contributed by atoms with Gasteiger partial charge in [-0.25, -0.2) is 12.8 Å². The second-order valence-corrected chi connectivity index (χ2v) is 9.82. The van der Waals surface area contributed by atoms with Crippen molar-refractivity contribution in [1.29, 1.82) is 0 Å². The van der Waals surface area contributed by atoms with E-state index < -0.39 is 27.8 Å². The van der Waals surface area contributed by atoms with Gasteiger partial charge in [0.15, 0.2) is 0 Å². The monoisotopic (exact) mass is 481 g/mol. The van der Waals surface area contributed by atoms with Crippen molar-refractivity contribution in [2.75, 3.05) is 4.72 Å². The van der Waals surface area contributed by atoms with Gasteiger partial charge in [-0.1, -0.05) is 30.3 Å². The summed E-state index contributed by atoms with van der Waals surface area (Å²) in [5.74, 6) is -1.21. The van der Waals surface area contributed by atoms with Crippen LogP contribution in [0.25, 0.3) is 0 Å². The number of nitrogens with one attached hydrogen (secondary N) is 3. The number of rotatable bonds is 9. The van der Waals surface area contributed by atoms with Crippen LogP contribution in [0, 0.1) is 5.82 Å². The van der Waals surface area contributed by atoms with Crippen molar-refractivity contribution >= 4 is 27.5 Å². The van der Waals surface area contributed by atoms with E-state index in [1.165, 1.54) is 36.4 Å². The van der Waals surface area contributed by atoms with Gasteiger partial charge in [0, 0.05) is 23.7 Å². The molecule has 34 heavy (non-hydrogen) atoms. The number of carbonyl (C=O) groups is 2. The summed E-state index contributed by atoms with van der Waals surface area (Å²) in [6, 6.07) is 19.1. The lowest BCUT2D eigenvalue weighted by Gasteiger charge is -2.19. The zero-order chi connectivity index (χ0) is 24.1. The summed E-state index contributed by atoms with van der Waals surface area (Å²) in [6.07, 6.45) is 2.19. The number of carbonyl (C=O) groups excluding carboxylic acids is 2. The molecule has 176 valence electrons. The topological polar surface area (TPSA) is 104 Å². The normalized spacial score (nSPS) is 14.1. The summed E-state index contributed by atoms with van der Waals surface area (Å²) >= 11 is 0. The maximum Gasteiger partial charge on any atom is 0.261 e. The second kappa shape index (κ2) is 10.0. The van der Waals surface area contributed by atoms with Gasteiger partial charge in [0.2, 0.25) is 5.91 Å².